The van der Waals surface area contributed by atoms with E-state index in [1.54, 1.807) is 19.2 Å². The molecule has 0 spiro atoms. The predicted octanol–water partition coefficient (Wildman–Crippen LogP) is 3.21. The van der Waals surface area contributed by atoms with Crippen molar-refractivity contribution in [2.45, 2.75) is 38.0 Å². The molecule has 11 heteroatoms. The van der Waals surface area contributed by atoms with Gasteiger partial charge in [-0.1, -0.05) is 6.42 Å². The minimum absolute atomic E-state index is 0.103. The van der Waals surface area contributed by atoms with Gasteiger partial charge in [-0.25, -0.2) is 8.42 Å². The maximum absolute atomic E-state index is 13.2. The molecule has 1 N–H and O–H groups in total. The van der Waals surface area contributed by atoms with E-state index in [2.05, 4.69) is 5.32 Å². The van der Waals surface area contributed by atoms with Crippen LogP contribution in [0.1, 0.15) is 43.6 Å². The number of amides is 1. The number of hydrogen-bond donors (Lipinski definition) is 1. The van der Waals surface area contributed by atoms with E-state index in [0.717, 1.165) is 19.3 Å². The monoisotopic (exact) mass is 463 g/mol. The fraction of sp³-hybridized carbons (Fsp3) is 0.476. The number of aryl methyl sites for hydroxylation is 1. The number of nitrogens with zero attached hydrogens (tertiary/aromatic N) is 4. The van der Waals surface area contributed by atoms with Gasteiger partial charge in [0, 0.05) is 39.3 Å². The zero-order valence-corrected chi connectivity index (χ0v) is 19.4. The first-order valence-electron chi connectivity index (χ1n) is 10.7. The minimum Gasteiger partial charge on any atom is -0.370 e. The summed E-state index contributed by atoms with van der Waals surface area (Å²) in [5.41, 5.74) is 0.944. The molecule has 174 valence electrons. The zero-order valence-electron chi connectivity index (χ0n) is 18.6. The highest BCUT2D eigenvalue weighted by atomic mass is 32.2. The summed E-state index contributed by atoms with van der Waals surface area (Å²) < 4.78 is 29.2. The van der Waals surface area contributed by atoms with Gasteiger partial charge < -0.3 is 14.8 Å². The molecule has 1 aliphatic heterocycles. The third-order valence-electron chi connectivity index (χ3n) is 5.71. The number of rotatable bonds is 8. The maximum Gasteiger partial charge on any atom is 0.287 e. The number of benzene rings is 1. The van der Waals surface area contributed by atoms with Gasteiger partial charge in [-0.15, -0.1) is 0 Å². The normalized spacial score (nSPS) is 14.8. The predicted molar refractivity (Wildman–Crippen MR) is 123 cm³/mol. The molecule has 0 bridgehead atoms. The Kier molecular flexibility index (Phi) is 7.19. The van der Waals surface area contributed by atoms with E-state index in [4.69, 9.17) is 0 Å². The van der Waals surface area contributed by atoms with Crippen LogP contribution in [-0.4, -0.2) is 54.3 Å². The summed E-state index contributed by atoms with van der Waals surface area (Å²) >= 11 is 0. The molecule has 2 heterocycles. The molecule has 0 unspecified atom stereocenters. The van der Waals surface area contributed by atoms with Gasteiger partial charge in [-0.3, -0.25) is 14.9 Å². The summed E-state index contributed by atoms with van der Waals surface area (Å²) in [6, 6.07) is 5.95. The Morgan fingerprint density at radius 2 is 1.81 bits per heavy atom. The average Bonchev–Trinajstić information content (AvgIpc) is 3.18. The molecular weight excluding hydrogens is 434 g/mol. The molecular formula is C21H29N5O5S. The van der Waals surface area contributed by atoms with Crippen molar-refractivity contribution in [2.75, 3.05) is 36.4 Å². The molecule has 10 nitrogen and oxygen atoms in total. The van der Waals surface area contributed by atoms with Crippen LogP contribution in [0.2, 0.25) is 0 Å². The van der Waals surface area contributed by atoms with Crippen molar-refractivity contribution in [3.63, 3.8) is 0 Å². The van der Waals surface area contributed by atoms with Crippen LogP contribution in [0.4, 0.5) is 17.1 Å². The van der Waals surface area contributed by atoms with Crippen LogP contribution in [0, 0.1) is 10.1 Å². The number of sulfonamides is 1. The molecule has 1 fully saturated rings. The van der Waals surface area contributed by atoms with Crippen LogP contribution in [0.15, 0.2) is 35.4 Å². The second kappa shape index (κ2) is 9.70. The smallest absolute Gasteiger partial charge is 0.287 e. The fourth-order valence-corrected chi connectivity index (χ4v) is 5.47. The Labute approximate surface area is 188 Å². The van der Waals surface area contributed by atoms with Crippen LogP contribution in [0.5, 0.6) is 0 Å². The molecule has 1 aromatic carbocycles. The van der Waals surface area contributed by atoms with E-state index >= 15 is 0 Å². The third-order valence-corrected chi connectivity index (χ3v) is 7.60. The second-order valence-corrected chi connectivity index (χ2v) is 9.66. The number of aromatic nitrogens is 1. The van der Waals surface area contributed by atoms with Gasteiger partial charge in [0.05, 0.1) is 27.4 Å². The molecule has 32 heavy (non-hydrogen) atoms. The van der Waals surface area contributed by atoms with Crippen molar-refractivity contribution >= 4 is 33.0 Å². The highest BCUT2D eigenvalue weighted by molar-refractivity contribution is 7.89. The topological polar surface area (TPSA) is 118 Å². The standard InChI is InChI=1S/C21H29N5O5S/c1-4-24(5-2)19-10-9-17(32(30,31)25-11-7-6-8-12-25)14-18(19)22-21(27)20-13-16(26(28)29)15-23(20)3/h9-10,13-15H,4-8,11-12H2,1-3H3,(H,22,27). The van der Waals surface area contributed by atoms with Gasteiger partial charge in [0.1, 0.15) is 5.69 Å². The summed E-state index contributed by atoms with van der Waals surface area (Å²) in [6.07, 6.45) is 3.92. The lowest BCUT2D eigenvalue weighted by Gasteiger charge is -2.28. The van der Waals surface area contributed by atoms with E-state index in [-0.39, 0.29) is 16.3 Å². The first-order valence-corrected chi connectivity index (χ1v) is 12.1. The third kappa shape index (κ3) is 4.78. The van der Waals surface area contributed by atoms with Crippen molar-refractivity contribution in [3.8, 4) is 0 Å². The molecule has 0 radical (unpaired) electrons. The lowest BCUT2D eigenvalue weighted by atomic mass is 10.2. The van der Waals surface area contributed by atoms with E-state index in [1.165, 1.54) is 27.2 Å². The number of anilines is 2. The fourth-order valence-electron chi connectivity index (χ4n) is 3.93. The molecule has 3 rings (SSSR count). The molecule has 0 atom stereocenters. The Morgan fingerprint density at radius 1 is 1.16 bits per heavy atom. The largest absolute Gasteiger partial charge is 0.370 e. The van der Waals surface area contributed by atoms with E-state index in [0.29, 0.717) is 37.6 Å². The lowest BCUT2D eigenvalue weighted by molar-refractivity contribution is -0.384. The Balaban J connectivity index is 2.00. The van der Waals surface area contributed by atoms with Gasteiger partial charge in [0.15, 0.2) is 0 Å². The highest BCUT2D eigenvalue weighted by Gasteiger charge is 2.27. The van der Waals surface area contributed by atoms with Crippen molar-refractivity contribution in [1.29, 1.82) is 0 Å². The number of carbonyl (C=O) groups excluding carboxylic acids is 1. The zero-order chi connectivity index (χ0) is 23.5. The maximum atomic E-state index is 13.2. The molecule has 0 saturated carbocycles. The van der Waals surface area contributed by atoms with Crippen LogP contribution < -0.4 is 10.2 Å². The summed E-state index contributed by atoms with van der Waals surface area (Å²) in [6.45, 7) is 6.21. The first kappa shape index (κ1) is 23.7. The number of nitro groups is 1. The van der Waals surface area contributed by atoms with Crippen molar-refractivity contribution < 1.29 is 18.1 Å². The summed E-state index contributed by atoms with van der Waals surface area (Å²) in [7, 11) is -2.14. The van der Waals surface area contributed by atoms with Gasteiger partial charge in [0.25, 0.3) is 11.6 Å². The number of hydrogen-bond acceptors (Lipinski definition) is 6. The molecule has 1 amide bonds. The van der Waals surface area contributed by atoms with Gasteiger partial charge in [-0.2, -0.15) is 4.31 Å². The summed E-state index contributed by atoms with van der Waals surface area (Å²) in [5.74, 6) is -0.554. The lowest BCUT2D eigenvalue weighted by Crippen LogP contribution is -2.35. The first-order chi connectivity index (χ1) is 15.2. The van der Waals surface area contributed by atoms with Crippen LogP contribution in [-0.2, 0) is 17.1 Å². The van der Waals surface area contributed by atoms with E-state index in [1.807, 2.05) is 18.7 Å². The molecule has 0 aliphatic carbocycles. The minimum atomic E-state index is -3.69. The Hall–Kier alpha value is -2.92. The van der Waals surface area contributed by atoms with E-state index in [9.17, 15) is 23.3 Å². The molecule has 1 aliphatic rings. The quantitative estimate of drug-likeness (QED) is 0.474. The average molecular weight is 464 g/mol. The summed E-state index contributed by atoms with van der Waals surface area (Å²) in [4.78, 5) is 25.6. The molecule has 1 saturated heterocycles. The Morgan fingerprint density at radius 3 is 2.38 bits per heavy atom. The van der Waals surface area contributed by atoms with Crippen molar-refractivity contribution in [3.05, 3.63) is 46.3 Å². The van der Waals surface area contributed by atoms with Crippen LogP contribution in [0.3, 0.4) is 0 Å². The van der Waals surface area contributed by atoms with Gasteiger partial charge >= 0.3 is 0 Å². The SMILES string of the molecule is CCN(CC)c1ccc(S(=O)(=O)N2CCCCC2)cc1NC(=O)c1cc([N+](=O)[O-])cn1C. The summed E-state index contributed by atoms with van der Waals surface area (Å²) in [5, 5.41) is 13.8. The van der Waals surface area contributed by atoms with Crippen molar-refractivity contribution in [2.24, 2.45) is 7.05 Å². The Bertz CT molecular complexity index is 1100. The van der Waals surface area contributed by atoms with Crippen LogP contribution in [0.25, 0.3) is 0 Å². The highest BCUT2D eigenvalue weighted by Crippen LogP contribution is 2.31. The number of nitrogens with one attached hydrogen (secondary N) is 1. The molecule has 1 aromatic heterocycles. The number of piperidine rings is 1. The number of carbonyl (C=O) groups is 1. The van der Waals surface area contributed by atoms with E-state index < -0.39 is 20.9 Å². The second-order valence-electron chi connectivity index (χ2n) is 7.72. The van der Waals surface area contributed by atoms with Crippen molar-refractivity contribution in [1.82, 2.24) is 8.87 Å². The molecule has 2 aromatic rings. The van der Waals surface area contributed by atoms with Gasteiger partial charge in [-0.05, 0) is 44.9 Å². The van der Waals surface area contributed by atoms with Crippen LogP contribution >= 0.6 is 0 Å². The van der Waals surface area contributed by atoms with Gasteiger partial charge in [0.2, 0.25) is 10.0 Å².